The summed E-state index contributed by atoms with van der Waals surface area (Å²) < 4.78 is 26.8. The van der Waals surface area contributed by atoms with Crippen molar-refractivity contribution >= 4 is 27.7 Å². The molecule has 21 heavy (non-hydrogen) atoms. The van der Waals surface area contributed by atoms with Gasteiger partial charge in [-0.05, 0) is 49.5 Å². The Labute approximate surface area is 130 Å². The molecule has 2 unspecified atom stereocenters. The van der Waals surface area contributed by atoms with Crippen molar-refractivity contribution in [2.45, 2.75) is 43.8 Å². The van der Waals surface area contributed by atoms with Gasteiger partial charge in [-0.25, -0.2) is 8.42 Å². The fourth-order valence-corrected chi connectivity index (χ4v) is 5.21. The molecule has 0 aliphatic carbocycles. The van der Waals surface area contributed by atoms with Crippen molar-refractivity contribution in [2.75, 3.05) is 0 Å². The first-order valence-electron chi connectivity index (χ1n) is 7.18. The van der Waals surface area contributed by atoms with Crippen molar-refractivity contribution in [1.29, 1.82) is 0 Å². The predicted molar refractivity (Wildman–Crippen MR) is 85.3 cm³/mol. The highest BCUT2D eigenvalue weighted by atomic mass is 35.5. The molecule has 114 valence electrons. The summed E-state index contributed by atoms with van der Waals surface area (Å²) in [5.41, 5.74) is 6.81. The van der Waals surface area contributed by atoms with Gasteiger partial charge in [0, 0.05) is 28.6 Å². The molecule has 4 nitrogen and oxygen atoms in total. The summed E-state index contributed by atoms with van der Waals surface area (Å²) in [6, 6.07) is 7.37. The smallest absolute Gasteiger partial charge is 0.236 e. The molecular formula is C15H19ClN2O2S. The Bertz CT molecular complexity index is 628. The van der Waals surface area contributed by atoms with Gasteiger partial charge in [-0.2, -0.15) is 4.31 Å². The summed E-state index contributed by atoms with van der Waals surface area (Å²) in [6.07, 6.45) is 5.01. The third-order valence-corrected chi connectivity index (χ3v) is 6.21. The van der Waals surface area contributed by atoms with Crippen LogP contribution in [0, 0.1) is 0 Å². The lowest BCUT2D eigenvalue weighted by molar-refractivity contribution is 0.229. The molecular weight excluding hydrogens is 308 g/mol. The van der Waals surface area contributed by atoms with Crippen molar-refractivity contribution < 1.29 is 8.42 Å². The molecule has 0 saturated carbocycles. The van der Waals surface area contributed by atoms with Crippen molar-refractivity contribution in [1.82, 2.24) is 4.31 Å². The van der Waals surface area contributed by atoms with E-state index in [2.05, 4.69) is 0 Å². The highest BCUT2D eigenvalue weighted by molar-refractivity contribution is 7.92. The lowest BCUT2D eigenvalue weighted by Gasteiger charge is -2.35. The van der Waals surface area contributed by atoms with E-state index in [-0.39, 0.29) is 18.1 Å². The van der Waals surface area contributed by atoms with Crippen LogP contribution < -0.4 is 5.73 Å². The maximum atomic E-state index is 12.6. The molecule has 2 atom stereocenters. The van der Waals surface area contributed by atoms with Crippen molar-refractivity contribution in [3.05, 3.63) is 40.3 Å². The van der Waals surface area contributed by atoms with Crippen LogP contribution in [0.3, 0.4) is 0 Å². The van der Waals surface area contributed by atoms with E-state index in [1.165, 1.54) is 5.41 Å². The first kappa shape index (κ1) is 15.0. The average molecular weight is 327 g/mol. The number of fused-ring (bicyclic) bond motifs is 2. The fourth-order valence-electron chi connectivity index (χ4n) is 3.40. The number of benzene rings is 1. The van der Waals surface area contributed by atoms with Crippen LogP contribution in [-0.4, -0.2) is 30.8 Å². The Balaban J connectivity index is 1.80. The van der Waals surface area contributed by atoms with Gasteiger partial charge in [0.15, 0.2) is 0 Å². The Morgan fingerprint density at radius 1 is 1.14 bits per heavy atom. The molecule has 0 amide bonds. The second-order valence-electron chi connectivity index (χ2n) is 5.85. The van der Waals surface area contributed by atoms with Gasteiger partial charge in [0.25, 0.3) is 0 Å². The summed E-state index contributed by atoms with van der Waals surface area (Å²) in [4.78, 5) is 0. The Morgan fingerprint density at radius 3 is 2.29 bits per heavy atom. The third kappa shape index (κ3) is 3.16. The third-order valence-electron chi connectivity index (χ3n) is 4.30. The maximum absolute atomic E-state index is 12.6. The van der Waals surface area contributed by atoms with E-state index in [4.69, 9.17) is 17.3 Å². The number of nitrogens with two attached hydrogens (primary N) is 1. The minimum Gasteiger partial charge on any atom is -0.328 e. The largest absolute Gasteiger partial charge is 0.328 e. The number of halogens is 1. The van der Waals surface area contributed by atoms with Crippen molar-refractivity contribution in [2.24, 2.45) is 5.73 Å². The molecule has 1 aromatic carbocycles. The molecule has 0 spiro atoms. The molecule has 2 N–H and O–H groups in total. The maximum Gasteiger partial charge on any atom is 0.236 e. The van der Waals surface area contributed by atoms with E-state index in [9.17, 15) is 8.42 Å². The number of piperidine rings is 1. The van der Waals surface area contributed by atoms with E-state index >= 15 is 0 Å². The molecule has 1 aromatic rings. The van der Waals surface area contributed by atoms with E-state index in [0.717, 1.165) is 31.2 Å². The van der Waals surface area contributed by atoms with Gasteiger partial charge in [-0.1, -0.05) is 23.7 Å². The molecule has 2 fully saturated rings. The minimum atomic E-state index is -3.39. The monoisotopic (exact) mass is 326 g/mol. The van der Waals surface area contributed by atoms with E-state index in [0.29, 0.717) is 5.02 Å². The second-order valence-corrected chi connectivity index (χ2v) is 8.01. The van der Waals surface area contributed by atoms with Crippen LogP contribution in [-0.2, 0) is 10.0 Å². The van der Waals surface area contributed by atoms with Crippen molar-refractivity contribution in [3.8, 4) is 0 Å². The van der Waals surface area contributed by atoms with Crippen LogP contribution in [0.15, 0.2) is 29.7 Å². The Morgan fingerprint density at radius 2 is 1.71 bits per heavy atom. The molecule has 2 aliphatic rings. The Kier molecular flexibility index (Phi) is 4.10. The molecule has 0 aromatic heterocycles. The summed E-state index contributed by atoms with van der Waals surface area (Å²) >= 11 is 5.82. The van der Waals surface area contributed by atoms with Gasteiger partial charge in [0.2, 0.25) is 10.0 Å². The summed E-state index contributed by atoms with van der Waals surface area (Å²) in [7, 11) is -3.39. The quantitative estimate of drug-likeness (QED) is 0.928. The highest BCUT2D eigenvalue weighted by Gasteiger charge is 2.44. The second kappa shape index (κ2) is 5.72. The topological polar surface area (TPSA) is 63.4 Å². The van der Waals surface area contributed by atoms with Crippen LogP contribution in [0.2, 0.25) is 5.02 Å². The van der Waals surface area contributed by atoms with Crippen LogP contribution in [0.1, 0.15) is 31.2 Å². The van der Waals surface area contributed by atoms with Gasteiger partial charge in [-0.15, -0.1) is 0 Å². The fraction of sp³-hybridized carbons (Fsp3) is 0.467. The van der Waals surface area contributed by atoms with E-state index in [1.807, 2.05) is 0 Å². The molecule has 6 heteroatoms. The zero-order valence-corrected chi connectivity index (χ0v) is 13.2. The zero-order chi connectivity index (χ0) is 15.0. The molecule has 3 rings (SSSR count). The van der Waals surface area contributed by atoms with Gasteiger partial charge >= 0.3 is 0 Å². The molecule has 2 heterocycles. The van der Waals surface area contributed by atoms with Gasteiger partial charge < -0.3 is 5.73 Å². The SMILES string of the molecule is NC1CC2CCC(C1)N2S(=O)(=O)/C=C/c1ccc(Cl)cc1. The first-order valence-corrected chi connectivity index (χ1v) is 9.06. The summed E-state index contributed by atoms with van der Waals surface area (Å²) in [5.74, 6) is 0. The van der Waals surface area contributed by atoms with E-state index in [1.54, 1.807) is 34.6 Å². The molecule has 0 radical (unpaired) electrons. The van der Waals surface area contributed by atoms with Gasteiger partial charge in [-0.3, -0.25) is 0 Å². The minimum absolute atomic E-state index is 0.0682. The van der Waals surface area contributed by atoms with Crippen LogP contribution in [0.4, 0.5) is 0 Å². The van der Waals surface area contributed by atoms with E-state index < -0.39 is 10.0 Å². The standard InChI is InChI=1S/C15H19ClN2O2S/c16-12-3-1-11(2-4-12)7-8-21(19,20)18-14-5-6-15(18)10-13(17)9-14/h1-4,7-8,13-15H,5-6,9-10,17H2/b8-7+. The summed E-state index contributed by atoms with van der Waals surface area (Å²) in [5, 5.41) is 1.94. The number of sulfonamides is 1. The van der Waals surface area contributed by atoms with Crippen molar-refractivity contribution in [3.63, 3.8) is 0 Å². The molecule has 2 aliphatic heterocycles. The van der Waals surface area contributed by atoms with Gasteiger partial charge in [0.05, 0.1) is 0 Å². The normalized spacial score (nSPS) is 30.1. The zero-order valence-electron chi connectivity index (χ0n) is 11.7. The number of rotatable bonds is 3. The van der Waals surface area contributed by atoms with Crippen LogP contribution in [0.5, 0.6) is 0 Å². The lowest BCUT2D eigenvalue weighted by Crippen LogP contribution is -2.49. The van der Waals surface area contributed by atoms with Crippen LogP contribution >= 0.6 is 11.6 Å². The van der Waals surface area contributed by atoms with Crippen LogP contribution in [0.25, 0.3) is 6.08 Å². The lowest BCUT2D eigenvalue weighted by atomic mass is 10.0. The van der Waals surface area contributed by atoms with Gasteiger partial charge in [0.1, 0.15) is 0 Å². The highest BCUT2D eigenvalue weighted by Crippen LogP contribution is 2.37. The number of hydrogen-bond donors (Lipinski definition) is 1. The Hall–Kier alpha value is -0.880. The number of nitrogens with zero attached hydrogens (tertiary/aromatic N) is 1. The summed E-state index contributed by atoms with van der Waals surface area (Å²) in [6.45, 7) is 0. The number of hydrogen-bond acceptors (Lipinski definition) is 3. The average Bonchev–Trinajstić information content (AvgIpc) is 2.72. The first-order chi connectivity index (χ1) is 9.95. The predicted octanol–water partition coefficient (Wildman–Crippen LogP) is 2.59. The molecule has 2 saturated heterocycles. The molecule has 2 bridgehead atoms.